The van der Waals surface area contributed by atoms with Crippen molar-refractivity contribution in [2.24, 2.45) is 5.11 Å². The van der Waals surface area contributed by atoms with E-state index in [1.165, 1.54) is 32.1 Å². The van der Waals surface area contributed by atoms with Crippen molar-refractivity contribution >= 4 is 0 Å². The van der Waals surface area contributed by atoms with Gasteiger partial charge in [0.05, 0.1) is 0 Å². The molecule has 0 aliphatic carbocycles. The largest absolute Gasteiger partial charge is 0.381 e. The summed E-state index contributed by atoms with van der Waals surface area (Å²) in [5, 5.41) is 3.49. The topological polar surface area (TPSA) is 58.0 Å². The van der Waals surface area contributed by atoms with Gasteiger partial charge in [-0.15, -0.1) is 0 Å². The molecule has 0 unspecified atom stereocenters. The van der Waals surface area contributed by atoms with E-state index in [1.54, 1.807) is 0 Å². The fourth-order valence-electron chi connectivity index (χ4n) is 1.52. The van der Waals surface area contributed by atoms with Crippen LogP contribution in [0.3, 0.4) is 0 Å². The summed E-state index contributed by atoms with van der Waals surface area (Å²) in [4.78, 5) is 2.71. The molecule has 0 atom stereocenters. The summed E-state index contributed by atoms with van der Waals surface area (Å²) in [6, 6.07) is 0. The van der Waals surface area contributed by atoms with E-state index in [9.17, 15) is 0 Å². The molecule has 0 aromatic carbocycles. The van der Waals surface area contributed by atoms with Crippen molar-refractivity contribution in [3.63, 3.8) is 0 Å². The first-order valence-electron chi connectivity index (χ1n) is 6.50. The number of ether oxygens (including phenoxy) is 1. The van der Waals surface area contributed by atoms with Crippen LogP contribution in [0.15, 0.2) is 5.11 Å². The van der Waals surface area contributed by atoms with E-state index in [0.717, 1.165) is 32.5 Å². The van der Waals surface area contributed by atoms with Crippen molar-refractivity contribution in [2.75, 3.05) is 19.8 Å². The van der Waals surface area contributed by atoms with Crippen molar-refractivity contribution in [1.29, 1.82) is 0 Å². The van der Waals surface area contributed by atoms with Gasteiger partial charge in [-0.3, -0.25) is 0 Å². The molecule has 0 aromatic heterocycles. The van der Waals surface area contributed by atoms with Crippen LogP contribution >= 0.6 is 0 Å². The van der Waals surface area contributed by atoms with Crippen molar-refractivity contribution < 1.29 is 4.74 Å². The molecule has 0 aliphatic heterocycles. The summed E-state index contributed by atoms with van der Waals surface area (Å²) in [6.07, 6.45) is 9.62. The summed E-state index contributed by atoms with van der Waals surface area (Å²) < 4.78 is 5.52. The van der Waals surface area contributed by atoms with Crippen molar-refractivity contribution in [2.45, 2.75) is 58.3 Å². The molecule has 0 bridgehead atoms. The highest BCUT2D eigenvalue weighted by molar-refractivity contribution is 4.48. The molecule has 0 aromatic rings. The van der Waals surface area contributed by atoms with Crippen LogP contribution < -0.4 is 0 Å². The third-order valence-corrected chi connectivity index (χ3v) is 2.50. The summed E-state index contributed by atoms with van der Waals surface area (Å²) in [7, 11) is 0. The fourth-order valence-corrected chi connectivity index (χ4v) is 1.52. The normalized spacial score (nSPS) is 10.1. The van der Waals surface area contributed by atoms with Crippen LogP contribution in [0.5, 0.6) is 0 Å². The van der Waals surface area contributed by atoms with Crippen LogP contribution in [0.4, 0.5) is 0 Å². The van der Waals surface area contributed by atoms with E-state index < -0.39 is 0 Å². The summed E-state index contributed by atoms with van der Waals surface area (Å²) >= 11 is 0. The Hall–Kier alpha value is -0.730. The van der Waals surface area contributed by atoms with Crippen molar-refractivity contribution in [1.82, 2.24) is 0 Å². The molecule has 0 saturated carbocycles. The average molecular weight is 227 g/mol. The smallest absolute Gasteiger partial charge is 0.0466 e. The third-order valence-electron chi connectivity index (χ3n) is 2.50. The standard InChI is InChI=1S/C12H25N3O/c1-2-3-4-5-8-11-16-12-9-6-7-10-14-15-13/h2-12H2,1H3. The molecule has 0 saturated heterocycles. The lowest BCUT2D eigenvalue weighted by atomic mass is 10.2. The predicted molar refractivity (Wildman–Crippen MR) is 67.4 cm³/mol. The predicted octanol–water partition coefficient (Wildman–Crippen LogP) is 4.45. The lowest BCUT2D eigenvalue weighted by Crippen LogP contribution is -1.97. The minimum atomic E-state index is 0.619. The van der Waals surface area contributed by atoms with Crippen LogP contribution in [-0.2, 0) is 4.74 Å². The highest BCUT2D eigenvalue weighted by atomic mass is 16.5. The minimum absolute atomic E-state index is 0.619. The molecular formula is C12H25N3O. The second kappa shape index (κ2) is 14.3. The van der Waals surface area contributed by atoms with Gasteiger partial charge in [-0.25, -0.2) is 0 Å². The second-order valence-electron chi connectivity index (χ2n) is 4.04. The van der Waals surface area contributed by atoms with Gasteiger partial charge >= 0.3 is 0 Å². The Labute approximate surface area is 99.0 Å². The van der Waals surface area contributed by atoms with Gasteiger partial charge in [0.15, 0.2) is 0 Å². The van der Waals surface area contributed by atoms with E-state index in [0.29, 0.717) is 6.54 Å². The molecule has 0 spiro atoms. The Bertz CT molecular complexity index is 179. The molecule has 4 nitrogen and oxygen atoms in total. The Morgan fingerprint density at radius 3 is 2.19 bits per heavy atom. The molecule has 0 fully saturated rings. The SMILES string of the molecule is CCCCCCCOCCCCCN=[N+]=[N-]. The lowest BCUT2D eigenvalue weighted by Gasteiger charge is -2.03. The van der Waals surface area contributed by atoms with Crippen LogP contribution in [0, 0.1) is 0 Å². The highest BCUT2D eigenvalue weighted by Crippen LogP contribution is 2.03. The highest BCUT2D eigenvalue weighted by Gasteiger charge is 1.91. The Morgan fingerprint density at radius 2 is 1.56 bits per heavy atom. The second-order valence-corrected chi connectivity index (χ2v) is 4.04. The number of azide groups is 1. The van der Waals surface area contributed by atoms with Crippen LogP contribution in [0.2, 0.25) is 0 Å². The van der Waals surface area contributed by atoms with Gasteiger partial charge in [-0.1, -0.05) is 44.1 Å². The Morgan fingerprint density at radius 1 is 0.938 bits per heavy atom. The molecule has 0 amide bonds. The first-order valence-corrected chi connectivity index (χ1v) is 6.50. The first kappa shape index (κ1) is 15.3. The lowest BCUT2D eigenvalue weighted by molar-refractivity contribution is 0.126. The van der Waals surface area contributed by atoms with Crippen LogP contribution in [-0.4, -0.2) is 19.8 Å². The number of unbranched alkanes of at least 4 members (excludes halogenated alkanes) is 6. The summed E-state index contributed by atoms with van der Waals surface area (Å²) in [5.41, 5.74) is 8.06. The molecule has 0 aliphatic rings. The number of nitrogens with zero attached hydrogens (tertiary/aromatic N) is 3. The fraction of sp³-hybridized carbons (Fsp3) is 1.00. The van der Waals surface area contributed by atoms with Crippen molar-refractivity contribution in [3.05, 3.63) is 10.4 Å². The van der Waals surface area contributed by atoms with E-state index in [4.69, 9.17) is 10.3 Å². The molecule has 4 heteroatoms. The zero-order valence-corrected chi connectivity index (χ0v) is 10.5. The van der Waals surface area contributed by atoms with Crippen LogP contribution in [0.25, 0.3) is 10.4 Å². The van der Waals surface area contributed by atoms with E-state index in [1.807, 2.05) is 0 Å². The van der Waals surface area contributed by atoms with Crippen molar-refractivity contribution in [3.8, 4) is 0 Å². The van der Waals surface area contributed by atoms with E-state index in [-0.39, 0.29) is 0 Å². The maximum absolute atomic E-state index is 8.06. The van der Waals surface area contributed by atoms with Gasteiger partial charge in [0.25, 0.3) is 0 Å². The molecule has 0 N–H and O–H groups in total. The minimum Gasteiger partial charge on any atom is -0.381 e. The van der Waals surface area contributed by atoms with E-state index >= 15 is 0 Å². The number of hydrogen-bond acceptors (Lipinski definition) is 2. The monoisotopic (exact) mass is 227 g/mol. The molecule has 16 heavy (non-hydrogen) atoms. The molecule has 94 valence electrons. The number of rotatable bonds is 12. The molecular weight excluding hydrogens is 202 g/mol. The average Bonchev–Trinajstić information content (AvgIpc) is 2.31. The van der Waals surface area contributed by atoms with Gasteiger partial charge in [0.1, 0.15) is 0 Å². The maximum atomic E-state index is 8.06. The van der Waals surface area contributed by atoms with Gasteiger partial charge < -0.3 is 4.74 Å². The van der Waals surface area contributed by atoms with Gasteiger partial charge in [-0.2, -0.15) is 0 Å². The zero-order chi connectivity index (χ0) is 11.9. The third kappa shape index (κ3) is 13.3. The Kier molecular flexibility index (Phi) is 13.6. The zero-order valence-electron chi connectivity index (χ0n) is 10.5. The molecule has 0 radical (unpaired) electrons. The quantitative estimate of drug-likeness (QED) is 0.210. The van der Waals surface area contributed by atoms with Crippen LogP contribution in [0.1, 0.15) is 58.3 Å². The molecule has 0 heterocycles. The van der Waals surface area contributed by atoms with E-state index in [2.05, 4.69) is 16.9 Å². The van der Waals surface area contributed by atoms with Gasteiger partial charge in [0.2, 0.25) is 0 Å². The maximum Gasteiger partial charge on any atom is 0.0466 e. The van der Waals surface area contributed by atoms with Gasteiger partial charge in [0, 0.05) is 24.7 Å². The summed E-state index contributed by atoms with van der Waals surface area (Å²) in [5.74, 6) is 0. The first-order chi connectivity index (χ1) is 7.91. The molecule has 0 rings (SSSR count). The van der Waals surface area contributed by atoms with Gasteiger partial charge in [-0.05, 0) is 24.8 Å². The Balaban J connectivity index is 2.90. The number of hydrogen-bond donors (Lipinski definition) is 0. The summed E-state index contributed by atoms with van der Waals surface area (Å²) in [6.45, 7) is 4.60.